The normalized spacial score (nSPS) is 19.9. The quantitative estimate of drug-likeness (QED) is 0.703. The molecule has 2 aromatic rings. The van der Waals surface area contributed by atoms with Crippen LogP contribution in [0.4, 0.5) is 5.82 Å². The molecule has 3 heterocycles. The van der Waals surface area contributed by atoms with Gasteiger partial charge >= 0.3 is 0 Å². The van der Waals surface area contributed by atoms with Crippen LogP contribution in [0.5, 0.6) is 5.75 Å². The van der Waals surface area contributed by atoms with Crippen molar-refractivity contribution in [1.29, 1.82) is 0 Å². The van der Waals surface area contributed by atoms with Gasteiger partial charge in [-0.05, 0) is 43.9 Å². The molecular weight excluding hydrogens is 416 g/mol. The maximum atomic E-state index is 12.8. The summed E-state index contributed by atoms with van der Waals surface area (Å²) in [4.78, 5) is 24.1. The van der Waals surface area contributed by atoms with Crippen molar-refractivity contribution in [2.75, 3.05) is 31.4 Å². The molecule has 0 unspecified atom stereocenters. The number of ether oxygens (including phenoxy) is 1. The lowest BCUT2D eigenvalue weighted by atomic mass is 9.97. The van der Waals surface area contributed by atoms with E-state index in [1.807, 2.05) is 31.2 Å². The number of fused-ring (bicyclic) bond motifs is 1. The largest absolute Gasteiger partial charge is 0.497 e. The van der Waals surface area contributed by atoms with Gasteiger partial charge in [0.15, 0.2) is 0 Å². The molecule has 0 spiro atoms. The third-order valence-electron chi connectivity index (χ3n) is 6.07. The number of anilines is 1. The Kier molecular flexibility index (Phi) is 5.98. The molecule has 0 saturated carbocycles. The maximum absolute atomic E-state index is 12.8. The molecule has 0 N–H and O–H groups in total. The summed E-state index contributed by atoms with van der Waals surface area (Å²) in [6.45, 7) is 3.28. The number of piperidine rings is 1. The molecule has 1 atom stereocenters. The van der Waals surface area contributed by atoms with Crippen molar-refractivity contribution in [3.05, 3.63) is 46.9 Å². The number of rotatable bonds is 5. The molecule has 2 aliphatic heterocycles. The van der Waals surface area contributed by atoms with E-state index in [4.69, 9.17) is 14.7 Å². The van der Waals surface area contributed by atoms with Gasteiger partial charge in [-0.1, -0.05) is 12.1 Å². The van der Waals surface area contributed by atoms with Gasteiger partial charge in [0, 0.05) is 36.7 Å². The van der Waals surface area contributed by atoms with Crippen LogP contribution in [0, 0.1) is 6.92 Å². The Labute approximate surface area is 183 Å². The molecule has 2 aliphatic rings. The molecule has 1 fully saturated rings. The number of aromatic nitrogens is 2. The second kappa shape index (κ2) is 8.55. The van der Waals surface area contributed by atoms with E-state index in [0.717, 1.165) is 35.4 Å². The number of carbonyl (C=O) groups is 1. The van der Waals surface area contributed by atoms with Gasteiger partial charge < -0.3 is 4.74 Å². The van der Waals surface area contributed by atoms with E-state index < -0.39 is 10.0 Å². The summed E-state index contributed by atoms with van der Waals surface area (Å²) in [5.74, 6) is 2.01. The number of methoxy groups -OCH3 is 1. The van der Waals surface area contributed by atoms with Crippen molar-refractivity contribution in [1.82, 2.24) is 14.3 Å². The highest BCUT2D eigenvalue weighted by molar-refractivity contribution is 7.88. The van der Waals surface area contributed by atoms with Crippen LogP contribution in [0.2, 0.25) is 0 Å². The summed E-state index contributed by atoms with van der Waals surface area (Å²) < 4.78 is 30.8. The number of sulfonamides is 1. The first kappa shape index (κ1) is 21.7. The molecule has 166 valence electrons. The van der Waals surface area contributed by atoms with Crippen LogP contribution in [0.1, 0.15) is 47.8 Å². The summed E-state index contributed by atoms with van der Waals surface area (Å²) >= 11 is 0. The topological polar surface area (TPSA) is 92.7 Å². The Morgan fingerprint density at radius 2 is 1.90 bits per heavy atom. The molecule has 0 radical (unpaired) electrons. The van der Waals surface area contributed by atoms with Crippen molar-refractivity contribution >= 4 is 21.7 Å². The Bertz CT molecular complexity index is 1090. The molecule has 1 saturated heterocycles. The lowest BCUT2D eigenvalue weighted by molar-refractivity contribution is -0.119. The van der Waals surface area contributed by atoms with E-state index in [-0.39, 0.29) is 11.8 Å². The first-order valence-electron chi connectivity index (χ1n) is 10.5. The standard InChI is InChI=1S/C22H28N4O4S/c1-15-19-10-11-20(27)26(13-16-6-8-18(30-2)9-7-16)22(19)24-21(23-15)17-5-4-12-25(14-17)31(3,28)29/h6-9,17H,4-5,10-14H2,1-3H3/t17-/m1/s1. The second-order valence-electron chi connectivity index (χ2n) is 8.26. The first-order valence-corrected chi connectivity index (χ1v) is 12.4. The minimum Gasteiger partial charge on any atom is -0.497 e. The molecule has 31 heavy (non-hydrogen) atoms. The van der Waals surface area contributed by atoms with E-state index in [2.05, 4.69) is 0 Å². The SMILES string of the molecule is COc1ccc(CN2C(=O)CCc3c(C)nc([C@@H]4CCCN(S(C)(=O)=O)C4)nc32)cc1. The average molecular weight is 445 g/mol. The Morgan fingerprint density at radius 3 is 2.58 bits per heavy atom. The fourth-order valence-electron chi connectivity index (χ4n) is 4.32. The average Bonchev–Trinajstić information content (AvgIpc) is 2.75. The molecule has 8 nitrogen and oxygen atoms in total. The van der Waals surface area contributed by atoms with Crippen LogP contribution in [0.25, 0.3) is 0 Å². The monoisotopic (exact) mass is 444 g/mol. The number of benzene rings is 1. The van der Waals surface area contributed by atoms with Crippen LogP contribution < -0.4 is 9.64 Å². The van der Waals surface area contributed by atoms with Gasteiger partial charge in [0.2, 0.25) is 15.9 Å². The summed E-state index contributed by atoms with van der Waals surface area (Å²) in [5.41, 5.74) is 2.84. The highest BCUT2D eigenvalue weighted by Crippen LogP contribution is 2.33. The van der Waals surface area contributed by atoms with Gasteiger partial charge in [0.05, 0.1) is 19.9 Å². The second-order valence-corrected chi connectivity index (χ2v) is 10.2. The summed E-state index contributed by atoms with van der Waals surface area (Å²) in [6.07, 6.45) is 3.89. The summed E-state index contributed by atoms with van der Waals surface area (Å²) in [6, 6.07) is 7.65. The Balaban J connectivity index is 1.66. The van der Waals surface area contributed by atoms with Crippen molar-refractivity contribution in [3.63, 3.8) is 0 Å². The third-order valence-corrected chi connectivity index (χ3v) is 7.34. The minimum absolute atomic E-state index is 0.0359. The lowest BCUT2D eigenvalue weighted by Crippen LogP contribution is -2.40. The smallest absolute Gasteiger partial charge is 0.228 e. The van der Waals surface area contributed by atoms with Gasteiger partial charge in [-0.3, -0.25) is 9.69 Å². The molecule has 4 rings (SSSR count). The van der Waals surface area contributed by atoms with Crippen molar-refractivity contribution < 1.29 is 17.9 Å². The van der Waals surface area contributed by atoms with Crippen LogP contribution in [0.3, 0.4) is 0 Å². The molecular formula is C22H28N4O4S. The highest BCUT2D eigenvalue weighted by atomic mass is 32.2. The number of amides is 1. The van der Waals surface area contributed by atoms with Gasteiger partial charge in [-0.2, -0.15) is 0 Å². The maximum Gasteiger partial charge on any atom is 0.228 e. The first-order chi connectivity index (χ1) is 14.8. The Morgan fingerprint density at radius 1 is 1.16 bits per heavy atom. The Hall–Kier alpha value is -2.52. The van der Waals surface area contributed by atoms with Gasteiger partial charge in [-0.25, -0.2) is 22.7 Å². The number of hydrogen-bond donors (Lipinski definition) is 0. The van der Waals surface area contributed by atoms with Crippen LogP contribution >= 0.6 is 0 Å². The number of carbonyl (C=O) groups excluding carboxylic acids is 1. The third kappa shape index (κ3) is 4.57. The molecule has 9 heteroatoms. The number of nitrogens with zero attached hydrogens (tertiary/aromatic N) is 4. The van der Waals surface area contributed by atoms with Gasteiger partial charge in [0.1, 0.15) is 17.4 Å². The fourth-order valence-corrected chi connectivity index (χ4v) is 5.23. The fraction of sp³-hybridized carbons (Fsp3) is 0.500. The van der Waals surface area contributed by atoms with E-state index >= 15 is 0 Å². The van der Waals surface area contributed by atoms with Crippen molar-refractivity contribution in [2.24, 2.45) is 0 Å². The van der Waals surface area contributed by atoms with Crippen LogP contribution in [-0.4, -0.2) is 55.1 Å². The zero-order chi connectivity index (χ0) is 22.2. The molecule has 1 aromatic carbocycles. The zero-order valence-electron chi connectivity index (χ0n) is 18.2. The predicted octanol–water partition coefficient (Wildman–Crippen LogP) is 2.41. The molecule has 0 bridgehead atoms. The predicted molar refractivity (Wildman–Crippen MR) is 118 cm³/mol. The highest BCUT2D eigenvalue weighted by Gasteiger charge is 2.32. The van der Waals surface area contributed by atoms with Crippen LogP contribution in [-0.2, 0) is 27.8 Å². The summed E-state index contributed by atoms with van der Waals surface area (Å²) in [7, 11) is -1.64. The van der Waals surface area contributed by atoms with Crippen molar-refractivity contribution in [3.8, 4) is 5.75 Å². The van der Waals surface area contributed by atoms with Crippen LogP contribution in [0.15, 0.2) is 24.3 Å². The van der Waals surface area contributed by atoms with E-state index in [0.29, 0.717) is 44.1 Å². The molecule has 0 aliphatic carbocycles. The van der Waals surface area contributed by atoms with Gasteiger partial charge in [-0.15, -0.1) is 0 Å². The van der Waals surface area contributed by atoms with E-state index in [1.54, 1.807) is 12.0 Å². The molecule has 1 amide bonds. The van der Waals surface area contributed by atoms with E-state index in [9.17, 15) is 13.2 Å². The number of aryl methyl sites for hydroxylation is 1. The minimum atomic E-state index is -3.26. The lowest BCUT2D eigenvalue weighted by Gasteiger charge is -2.33. The van der Waals surface area contributed by atoms with Crippen molar-refractivity contribution in [2.45, 2.75) is 45.1 Å². The molecule has 1 aromatic heterocycles. The summed E-state index contributed by atoms with van der Waals surface area (Å²) in [5, 5.41) is 0. The van der Waals surface area contributed by atoms with E-state index in [1.165, 1.54) is 10.6 Å². The van der Waals surface area contributed by atoms with Gasteiger partial charge in [0.25, 0.3) is 0 Å². The number of hydrogen-bond acceptors (Lipinski definition) is 6. The zero-order valence-corrected chi connectivity index (χ0v) is 19.0.